The molecule has 0 unspecified atom stereocenters. The Morgan fingerprint density at radius 3 is 2.54 bits per heavy atom. The SMILES string of the molecule is CCc1cccc(CC)c1NC(=O)CSc1nnc(-c2ccco2)n1N. The van der Waals surface area contributed by atoms with Crippen LogP contribution in [0.25, 0.3) is 11.6 Å². The molecular formula is C18H21N5O2S. The number of amides is 1. The molecule has 0 saturated heterocycles. The number of nitrogens with two attached hydrogens (primary N) is 1. The van der Waals surface area contributed by atoms with Crippen LogP contribution in [-0.2, 0) is 17.6 Å². The minimum absolute atomic E-state index is 0.104. The number of benzene rings is 1. The Morgan fingerprint density at radius 2 is 1.92 bits per heavy atom. The first-order valence-electron chi connectivity index (χ1n) is 8.41. The van der Waals surface area contributed by atoms with Crippen LogP contribution >= 0.6 is 11.8 Å². The number of carbonyl (C=O) groups excluding carboxylic acids is 1. The molecule has 3 N–H and O–H groups in total. The van der Waals surface area contributed by atoms with Crippen LogP contribution in [0.5, 0.6) is 0 Å². The van der Waals surface area contributed by atoms with E-state index in [2.05, 4.69) is 29.4 Å². The Morgan fingerprint density at radius 1 is 1.19 bits per heavy atom. The van der Waals surface area contributed by atoms with E-state index in [1.165, 1.54) is 16.4 Å². The summed E-state index contributed by atoms with van der Waals surface area (Å²) in [5.74, 6) is 7.04. The molecule has 0 spiro atoms. The summed E-state index contributed by atoms with van der Waals surface area (Å²) in [6.07, 6.45) is 3.27. The molecule has 0 aliphatic carbocycles. The lowest BCUT2D eigenvalue weighted by Gasteiger charge is -2.14. The van der Waals surface area contributed by atoms with Gasteiger partial charge in [0.05, 0.1) is 12.0 Å². The minimum Gasteiger partial charge on any atom is -0.461 e. The zero-order chi connectivity index (χ0) is 18.5. The Bertz CT molecular complexity index is 867. The first-order valence-corrected chi connectivity index (χ1v) is 9.40. The van der Waals surface area contributed by atoms with Crippen molar-refractivity contribution in [3.05, 3.63) is 47.7 Å². The highest BCUT2D eigenvalue weighted by molar-refractivity contribution is 7.99. The van der Waals surface area contributed by atoms with Gasteiger partial charge in [0.25, 0.3) is 0 Å². The molecule has 2 aromatic heterocycles. The molecule has 3 rings (SSSR count). The fourth-order valence-corrected chi connectivity index (χ4v) is 3.31. The lowest BCUT2D eigenvalue weighted by atomic mass is 10.0. The maximum Gasteiger partial charge on any atom is 0.234 e. The Kier molecular flexibility index (Phi) is 5.62. The van der Waals surface area contributed by atoms with E-state index in [0.29, 0.717) is 16.7 Å². The van der Waals surface area contributed by atoms with Crippen molar-refractivity contribution in [2.75, 3.05) is 16.9 Å². The molecule has 0 atom stereocenters. The van der Waals surface area contributed by atoms with Gasteiger partial charge in [-0.1, -0.05) is 43.8 Å². The van der Waals surface area contributed by atoms with Crippen LogP contribution in [-0.4, -0.2) is 26.5 Å². The monoisotopic (exact) mass is 371 g/mol. The van der Waals surface area contributed by atoms with E-state index in [1.807, 2.05) is 18.2 Å². The second kappa shape index (κ2) is 8.09. The number of rotatable bonds is 7. The van der Waals surface area contributed by atoms with Crippen LogP contribution in [0.1, 0.15) is 25.0 Å². The number of para-hydroxylation sites is 1. The Labute approximate surface area is 156 Å². The molecule has 136 valence electrons. The number of aromatic nitrogens is 3. The van der Waals surface area contributed by atoms with Gasteiger partial charge < -0.3 is 15.6 Å². The molecule has 0 bridgehead atoms. The van der Waals surface area contributed by atoms with E-state index in [4.69, 9.17) is 10.3 Å². The third-order valence-electron chi connectivity index (χ3n) is 4.00. The normalized spacial score (nSPS) is 10.8. The number of anilines is 1. The molecule has 0 aliphatic heterocycles. The molecular weight excluding hydrogens is 350 g/mol. The number of nitrogen functional groups attached to an aromatic ring is 1. The highest BCUT2D eigenvalue weighted by Crippen LogP contribution is 2.24. The zero-order valence-electron chi connectivity index (χ0n) is 14.7. The first kappa shape index (κ1) is 18.1. The second-order valence-electron chi connectivity index (χ2n) is 5.65. The number of furan rings is 1. The molecule has 0 fully saturated rings. The van der Waals surface area contributed by atoms with E-state index >= 15 is 0 Å². The summed E-state index contributed by atoms with van der Waals surface area (Å²) in [5, 5.41) is 11.5. The molecule has 1 amide bonds. The van der Waals surface area contributed by atoms with Crippen molar-refractivity contribution in [1.29, 1.82) is 0 Å². The standard InChI is InChI=1S/C18H21N5O2S/c1-3-12-7-5-8-13(4-2)16(12)20-15(24)11-26-18-22-21-17(23(18)19)14-9-6-10-25-14/h5-10H,3-4,11,19H2,1-2H3,(H,20,24). The number of hydrogen-bond acceptors (Lipinski definition) is 6. The number of aryl methyl sites for hydroxylation is 2. The summed E-state index contributed by atoms with van der Waals surface area (Å²) >= 11 is 1.23. The Hall–Kier alpha value is -2.74. The average molecular weight is 371 g/mol. The molecule has 1 aromatic carbocycles. The van der Waals surface area contributed by atoms with Crippen LogP contribution < -0.4 is 11.2 Å². The quantitative estimate of drug-likeness (QED) is 0.489. The molecule has 2 heterocycles. The van der Waals surface area contributed by atoms with Crippen LogP contribution in [0.4, 0.5) is 5.69 Å². The van der Waals surface area contributed by atoms with Gasteiger partial charge in [0.1, 0.15) is 0 Å². The van der Waals surface area contributed by atoms with Crippen molar-refractivity contribution in [3.8, 4) is 11.6 Å². The fraction of sp³-hybridized carbons (Fsp3) is 0.278. The van der Waals surface area contributed by atoms with Crippen LogP contribution in [0.3, 0.4) is 0 Å². The highest BCUT2D eigenvalue weighted by Gasteiger charge is 2.16. The van der Waals surface area contributed by atoms with E-state index in [-0.39, 0.29) is 11.7 Å². The van der Waals surface area contributed by atoms with Crippen LogP contribution in [0.2, 0.25) is 0 Å². The summed E-state index contributed by atoms with van der Waals surface area (Å²) in [6.45, 7) is 4.15. The van der Waals surface area contributed by atoms with Crippen molar-refractivity contribution >= 4 is 23.4 Å². The lowest BCUT2D eigenvalue weighted by molar-refractivity contribution is -0.113. The number of hydrogen-bond donors (Lipinski definition) is 2. The van der Waals surface area contributed by atoms with Crippen LogP contribution in [0.15, 0.2) is 46.2 Å². The lowest BCUT2D eigenvalue weighted by Crippen LogP contribution is -2.18. The van der Waals surface area contributed by atoms with Crippen molar-refractivity contribution in [3.63, 3.8) is 0 Å². The van der Waals surface area contributed by atoms with Gasteiger partial charge in [0.15, 0.2) is 5.76 Å². The van der Waals surface area contributed by atoms with Crippen molar-refractivity contribution in [2.24, 2.45) is 0 Å². The maximum atomic E-state index is 12.4. The topological polar surface area (TPSA) is 99.0 Å². The van der Waals surface area contributed by atoms with Crippen molar-refractivity contribution in [2.45, 2.75) is 31.8 Å². The summed E-state index contributed by atoms with van der Waals surface area (Å²) < 4.78 is 6.61. The first-order chi connectivity index (χ1) is 12.6. The average Bonchev–Trinajstić information content (AvgIpc) is 3.30. The van der Waals surface area contributed by atoms with E-state index in [0.717, 1.165) is 29.7 Å². The molecule has 8 heteroatoms. The molecule has 26 heavy (non-hydrogen) atoms. The van der Waals surface area contributed by atoms with Gasteiger partial charge in [-0.25, -0.2) is 4.68 Å². The maximum absolute atomic E-state index is 12.4. The Balaban J connectivity index is 1.67. The molecule has 0 aliphatic rings. The van der Waals surface area contributed by atoms with Crippen LogP contribution in [0, 0.1) is 0 Å². The van der Waals surface area contributed by atoms with Crippen molar-refractivity contribution in [1.82, 2.24) is 14.9 Å². The molecule has 3 aromatic rings. The summed E-state index contributed by atoms with van der Waals surface area (Å²) in [4.78, 5) is 12.4. The predicted octanol–water partition coefficient (Wildman–Crippen LogP) is 3.11. The van der Waals surface area contributed by atoms with Crippen molar-refractivity contribution < 1.29 is 9.21 Å². The van der Waals surface area contributed by atoms with Gasteiger partial charge in [0.2, 0.25) is 16.9 Å². The largest absolute Gasteiger partial charge is 0.461 e. The number of thioether (sulfide) groups is 1. The molecule has 0 saturated carbocycles. The summed E-state index contributed by atoms with van der Waals surface area (Å²) in [7, 11) is 0. The number of nitrogens with one attached hydrogen (secondary N) is 1. The third kappa shape index (κ3) is 3.75. The van der Waals surface area contributed by atoms with Gasteiger partial charge in [-0.15, -0.1) is 10.2 Å². The minimum atomic E-state index is -0.104. The summed E-state index contributed by atoms with van der Waals surface area (Å²) in [6, 6.07) is 9.60. The van der Waals surface area contributed by atoms with E-state index in [1.54, 1.807) is 18.4 Å². The van der Waals surface area contributed by atoms with Gasteiger partial charge in [-0.2, -0.15) is 0 Å². The third-order valence-corrected chi connectivity index (χ3v) is 4.94. The van der Waals surface area contributed by atoms with Gasteiger partial charge >= 0.3 is 0 Å². The smallest absolute Gasteiger partial charge is 0.234 e. The van der Waals surface area contributed by atoms with Gasteiger partial charge in [-0.3, -0.25) is 4.79 Å². The molecule has 0 radical (unpaired) electrons. The second-order valence-corrected chi connectivity index (χ2v) is 6.59. The summed E-state index contributed by atoms with van der Waals surface area (Å²) in [5.41, 5.74) is 3.17. The molecule has 7 nitrogen and oxygen atoms in total. The fourth-order valence-electron chi connectivity index (χ4n) is 2.66. The van der Waals surface area contributed by atoms with Gasteiger partial charge in [0, 0.05) is 5.69 Å². The van der Waals surface area contributed by atoms with E-state index < -0.39 is 0 Å². The van der Waals surface area contributed by atoms with Gasteiger partial charge in [-0.05, 0) is 36.1 Å². The zero-order valence-corrected chi connectivity index (χ0v) is 15.5. The highest BCUT2D eigenvalue weighted by atomic mass is 32.2. The number of carbonyl (C=O) groups is 1. The van der Waals surface area contributed by atoms with E-state index in [9.17, 15) is 4.79 Å². The predicted molar refractivity (Wildman–Crippen MR) is 102 cm³/mol. The number of nitrogens with zero attached hydrogens (tertiary/aromatic N) is 3.